The average molecular weight is 275 g/mol. The smallest absolute Gasteiger partial charge is 0.254 e. The van der Waals surface area contributed by atoms with Gasteiger partial charge >= 0.3 is 0 Å². The molecule has 1 atom stereocenters. The van der Waals surface area contributed by atoms with Gasteiger partial charge in [0.1, 0.15) is 6.26 Å². The predicted molar refractivity (Wildman–Crippen MR) is 61.9 cm³/mol. The molecule has 0 spiro atoms. The molecule has 0 unspecified atom stereocenters. The highest BCUT2D eigenvalue weighted by molar-refractivity contribution is 9.10. The number of carbonyl (C=O) groups excluding carboxylic acids is 1. The van der Waals surface area contributed by atoms with E-state index in [2.05, 4.69) is 26.6 Å². The molecule has 2 N–H and O–H groups in total. The van der Waals surface area contributed by atoms with Crippen molar-refractivity contribution >= 4 is 21.8 Å². The maximum absolute atomic E-state index is 11.5. The first-order valence-corrected chi connectivity index (χ1v) is 5.68. The van der Waals surface area contributed by atoms with Gasteiger partial charge in [-0.25, -0.2) is 0 Å². The highest BCUT2D eigenvalue weighted by atomic mass is 79.9. The Kier molecular flexibility index (Phi) is 4.84. The SMILES string of the molecule is CCN[C@H](C)CNC(=O)c1coc(Br)c1. The fourth-order valence-corrected chi connectivity index (χ4v) is 1.54. The number of halogens is 1. The molecule has 0 radical (unpaired) electrons. The maximum Gasteiger partial charge on any atom is 0.254 e. The van der Waals surface area contributed by atoms with Gasteiger partial charge in [-0.15, -0.1) is 0 Å². The lowest BCUT2D eigenvalue weighted by Crippen LogP contribution is -2.38. The Morgan fingerprint density at radius 1 is 1.67 bits per heavy atom. The molecule has 0 aliphatic heterocycles. The Labute approximate surface area is 97.5 Å². The predicted octanol–water partition coefficient (Wildman–Crippen LogP) is 1.77. The molecule has 0 fully saturated rings. The minimum atomic E-state index is -0.116. The van der Waals surface area contributed by atoms with E-state index < -0.39 is 0 Å². The molecule has 1 amide bonds. The molecule has 0 saturated carbocycles. The van der Waals surface area contributed by atoms with Crippen LogP contribution >= 0.6 is 15.9 Å². The van der Waals surface area contributed by atoms with Crippen molar-refractivity contribution in [1.82, 2.24) is 10.6 Å². The van der Waals surface area contributed by atoms with Crippen LogP contribution in [0, 0.1) is 0 Å². The summed E-state index contributed by atoms with van der Waals surface area (Å²) in [6.07, 6.45) is 1.43. The normalized spacial score (nSPS) is 12.5. The average Bonchev–Trinajstić information content (AvgIpc) is 2.62. The summed E-state index contributed by atoms with van der Waals surface area (Å²) in [6.45, 7) is 5.56. The van der Waals surface area contributed by atoms with Crippen LogP contribution < -0.4 is 10.6 Å². The van der Waals surface area contributed by atoms with Crippen molar-refractivity contribution in [3.8, 4) is 0 Å². The molecule has 84 valence electrons. The summed E-state index contributed by atoms with van der Waals surface area (Å²) in [5.41, 5.74) is 0.533. The second kappa shape index (κ2) is 5.92. The molecule has 1 aromatic heterocycles. The van der Waals surface area contributed by atoms with Gasteiger partial charge in [-0.05, 0) is 29.4 Å². The summed E-state index contributed by atoms with van der Waals surface area (Å²) < 4.78 is 5.54. The van der Waals surface area contributed by atoms with E-state index in [-0.39, 0.29) is 11.9 Å². The van der Waals surface area contributed by atoms with Crippen LogP contribution in [0.3, 0.4) is 0 Å². The van der Waals surface area contributed by atoms with Crippen molar-refractivity contribution < 1.29 is 9.21 Å². The van der Waals surface area contributed by atoms with Crippen LogP contribution in [0.4, 0.5) is 0 Å². The van der Waals surface area contributed by atoms with Gasteiger partial charge in [0.2, 0.25) is 0 Å². The van der Waals surface area contributed by atoms with Crippen molar-refractivity contribution in [2.45, 2.75) is 19.9 Å². The van der Waals surface area contributed by atoms with Crippen LogP contribution in [-0.4, -0.2) is 25.0 Å². The number of hydrogen-bond donors (Lipinski definition) is 2. The van der Waals surface area contributed by atoms with E-state index in [0.29, 0.717) is 16.8 Å². The lowest BCUT2D eigenvalue weighted by atomic mass is 10.3. The molecule has 4 nitrogen and oxygen atoms in total. The number of likely N-dealkylation sites (N-methyl/N-ethyl adjacent to an activating group) is 1. The Hall–Kier alpha value is -0.810. The van der Waals surface area contributed by atoms with Gasteiger partial charge in [0.05, 0.1) is 5.56 Å². The van der Waals surface area contributed by atoms with Gasteiger partial charge in [0.15, 0.2) is 4.67 Å². The molecule has 0 aromatic carbocycles. The van der Waals surface area contributed by atoms with E-state index in [1.54, 1.807) is 6.07 Å². The number of carbonyl (C=O) groups is 1. The molecule has 1 heterocycles. The van der Waals surface area contributed by atoms with Crippen LogP contribution in [0.2, 0.25) is 0 Å². The third-order valence-electron chi connectivity index (χ3n) is 1.95. The lowest BCUT2D eigenvalue weighted by Gasteiger charge is -2.12. The van der Waals surface area contributed by atoms with Crippen molar-refractivity contribution in [1.29, 1.82) is 0 Å². The molecule has 1 rings (SSSR count). The fraction of sp³-hybridized carbons (Fsp3) is 0.500. The van der Waals surface area contributed by atoms with Gasteiger partial charge in [0.25, 0.3) is 5.91 Å². The molecular formula is C10H15BrN2O2. The third-order valence-corrected chi connectivity index (χ3v) is 2.37. The van der Waals surface area contributed by atoms with Crippen LogP contribution in [0.5, 0.6) is 0 Å². The van der Waals surface area contributed by atoms with Gasteiger partial charge in [-0.3, -0.25) is 4.79 Å². The Morgan fingerprint density at radius 3 is 2.93 bits per heavy atom. The largest absolute Gasteiger partial charge is 0.457 e. The summed E-state index contributed by atoms with van der Waals surface area (Å²) in [5, 5.41) is 6.02. The molecule has 0 aliphatic carbocycles. The van der Waals surface area contributed by atoms with Gasteiger partial charge in [-0.2, -0.15) is 0 Å². The molecule has 5 heteroatoms. The van der Waals surface area contributed by atoms with Gasteiger partial charge in [0, 0.05) is 18.7 Å². The van der Waals surface area contributed by atoms with E-state index in [0.717, 1.165) is 6.54 Å². The van der Waals surface area contributed by atoms with Crippen molar-refractivity contribution in [3.05, 3.63) is 22.6 Å². The van der Waals surface area contributed by atoms with E-state index in [9.17, 15) is 4.79 Å². The summed E-state index contributed by atoms with van der Waals surface area (Å²) in [5.74, 6) is -0.116. The summed E-state index contributed by atoms with van der Waals surface area (Å²) in [4.78, 5) is 11.5. The van der Waals surface area contributed by atoms with Crippen LogP contribution in [0.1, 0.15) is 24.2 Å². The first kappa shape index (κ1) is 12.3. The topological polar surface area (TPSA) is 54.3 Å². The maximum atomic E-state index is 11.5. The Morgan fingerprint density at radius 2 is 2.40 bits per heavy atom. The van der Waals surface area contributed by atoms with Crippen molar-refractivity contribution in [3.63, 3.8) is 0 Å². The number of nitrogens with one attached hydrogen (secondary N) is 2. The van der Waals surface area contributed by atoms with Crippen LogP contribution in [-0.2, 0) is 0 Å². The Bertz CT molecular complexity index is 325. The first-order chi connectivity index (χ1) is 7.13. The highest BCUT2D eigenvalue weighted by Crippen LogP contribution is 2.13. The minimum Gasteiger partial charge on any atom is -0.457 e. The molecule has 15 heavy (non-hydrogen) atoms. The second-order valence-electron chi connectivity index (χ2n) is 3.31. The van der Waals surface area contributed by atoms with Crippen molar-refractivity contribution in [2.24, 2.45) is 0 Å². The van der Waals surface area contributed by atoms with E-state index in [1.165, 1.54) is 6.26 Å². The molecular weight excluding hydrogens is 260 g/mol. The quantitative estimate of drug-likeness (QED) is 0.861. The Balaban J connectivity index is 2.36. The fourth-order valence-electron chi connectivity index (χ4n) is 1.20. The number of rotatable bonds is 5. The van der Waals surface area contributed by atoms with Gasteiger partial charge in [-0.1, -0.05) is 6.92 Å². The number of hydrogen-bond acceptors (Lipinski definition) is 3. The third kappa shape index (κ3) is 4.05. The zero-order valence-electron chi connectivity index (χ0n) is 8.84. The lowest BCUT2D eigenvalue weighted by molar-refractivity contribution is 0.0949. The monoisotopic (exact) mass is 274 g/mol. The summed E-state index contributed by atoms with van der Waals surface area (Å²) in [6, 6.07) is 1.92. The summed E-state index contributed by atoms with van der Waals surface area (Å²) >= 11 is 3.15. The number of amides is 1. The second-order valence-corrected chi connectivity index (χ2v) is 4.09. The van der Waals surface area contributed by atoms with Crippen molar-refractivity contribution in [2.75, 3.05) is 13.1 Å². The van der Waals surface area contributed by atoms with Crippen LogP contribution in [0.15, 0.2) is 21.4 Å². The highest BCUT2D eigenvalue weighted by Gasteiger charge is 2.09. The van der Waals surface area contributed by atoms with Gasteiger partial charge < -0.3 is 15.1 Å². The minimum absolute atomic E-state index is 0.116. The first-order valence-electron chi connectivity index (χ1n) is 4.89. The zero-order valence-corrected chi connectivity index (χ0v) is 10.4. The van der Waals surface area contributed by atoms with E-state index in [4.69, 9.17) is 4.42 Å². The molecule has 0 saturated heterocycles. The summed E-state index contributed by atoms with van der Waals surface area (Å²) in [7, 11) is 0. The zero-order chi connectivity index (χ0) is 11.3. The molecule has 0 aliphatic rings. The molecule has 0 bridgehead atoms. The van der Waals surface area contributed by atoms with E-state index in [1.807, 2.05) is 13.8 Å². The molecule has 1 aromatic rings. The van der Waals surface area contributed by atoms with E-state index >= 15 is 0 Å². The van der Waals surface area contributed by atoms with Crippen LogP contribution in [0.25, 0.3) is 0 Å². The number of furan rings is 1. The standard InChI is InChI=1S/C10H15BrN2O2/c1-3-12-7(2)5-13-10(14)8-4-9(11)15-6-8/h4,6-7,12H,3,5H2,1-2H3,(H,13,14)/t7-/m1/s1.